The van der Waals surface area contributed by atoms with Crippen molar-refractivity contribution in [1.29, 1.82) is 5.26 Å². The van der Waals surface area contributed by atoms with E-state index in [1.54, 1.807) is 24.5 Å². The van der Waals surface area contributed by atoms with Crippen molar-refractivity contribution in [1.82, 2.24) is 24.8 Å². The minimum absolute atomic E-state index is 0.283. The van der Waals surface area contributed by atoms with Crippen molar-refractivity contribution in [2.24, 2.45) is 0 Å². The van der Waals surface area contributed by atoms with Crippen LogP contribution in [0, 0.1) is 18.3 Å². The van der Waals surface area contributed by atoms with Crippen molar-refractivity contribution in [3.63, 3.8) is 0 Å². The van der Waals surface area contributed by atoms with E-state index in [-0.39, 0.29) is 6.04 Å². The number of likely N-dealkylation sites (tertiary alicyclic amines) is 1. The summed E-state index contributed by atoms with van der Waals surface area (Å²) in [5.41, 5.74) is 4.68. The summed E-state index contributed by atoms with van der Waals surface area (Å²) in [6.45, 7) is 4.06. The summed E-state index contributed by atoms with van der Waals surface area (Å²) in [5, 5.41) is 12.0. The standard InChI is InChI=1S/C21H21N7/c1-15-10-23-7-6-16(15)14-28-8-2-3-20(28)19-12-26-21(13-25-19)27-18-5-4-17(9-22)24-11-18/h4-7,10-13,20H,2-3,8,14H2,1H3,(H,26,27)/t20-/m1/s1. The molecule has 0 bridgehead atoms. The lowest BCUT2D eigenvalue weighted by molar-refractivity contribution is 0.243. The first-order valence-electron chi connectivity index (χ1n) is 9.31. The summed E-state index contributed by atoms with van der Waals surface area (Å²) in [6, 6.07) is 7.85. The van der Waals surface area contributed by atoms with Gasteiger partial charge in [0.25, 0.3) is 0 Å². The summed E-state index contributed by atoms with van der Waals surface area (Å²) in [5.74, 6) is 0.657. The van der Waals surface area contributed by atoms with Gasteiger partial charge in [0, 0.05) is 18.9 Å². The minimum Gasteiger partial charge on any atom is -0.338 e. The molecule has 0 amide bonds. The van der Waals surface area contributed by atoms with Crippen LogP contribution in [0.3, 0.4) is 0 Å². The van der Waals surface area contributed by atoms with E-state index >= 15 is 0 Å². The first-order chi connectivity index (χ1) is 13.7. The predicted molar refractivity (Wildman–Crippen MR) is 106 cm³/mol. The number of nitrogens with zero attached hydrogens (tertiary/aromatic N) is 6. The molecule has 1 aliphatic heterocycles. The Morgan fingerprint density at radius 2 is 2.07 bits per heavy atom. The largest absolute Gasteiger partial charge is 0.338 e. The quantitative estimate of drug-likeness (QED) is 0.733. The van der Waals surface area contributed by atoms with Crippen LogP contribution in [-0.4, -0.2) is 31.4 Å². The second-order valence-corrected chi connectivity index (χ2v) is 6.93. The Balaban J connectivity index is 1.45. The molecule has 1 aliphatic rings. The fourth-order valence-corrected chi connectivity index (χ4v) is 3.51. The Morgan fingerprint density at radius 3 is 2.79 bits per heavy atom. The van der Waals surface area contributed by atoms with Crippen LogP contribution in [0.5, 0.6) is 0 Å². The third-order valence-electron chi connectivity index (χ3n) is 5.04. The van der Waals surface area contributed by atoms with Gasteiger partial charge in [0.15, 0.2) is 0 Å². The van der Waals surface area contributed by atoms with Gasteiger partial charge in [0.2, 0.25) is 0 Å². The van der Waals surface area contributed by atoms with E-state index in [1.165, 1.54) is 11.1 Å². The smallest absolute Gasteiger partial charge is 0.148 e. The molecule has 0 aliphatic carbocycles. The Morgan fingerprint density at radius 1 is 1.14 bits per heavy atom. The fourth-order valence-electron chi connectivity index (χ4n) is 3.51. The normalized spacial score (nSPS) is 16.6. The van der Waals surface area contributed by atoms with Crippen LogP contribution >= 0.6 is 0 Å². The molecule has 28 heavy (non-hydrogen) atoms. The highest BCUT2D eigenvalue weighted by atomic mass is 15.2. The summed E-state index contributed by atoms with van der Waals surface area (Å²) in [7, 11) is 0. The maximum absolute atomic E-state index is 8.82. The van der Waals surface area contributed by atoms with Crippen LogP contribution in [0.2, 0.25) is 0 Å². The predicted octanol–water partition coefficient (Wildman–Crippen LogP) is 3.53. The summed E-state index contributed by atoms with van der Waals surface area (Å²) < 4.78 is 0. The molecule has 0 spiro atoms. The summed E-state index contributed by atoms with van der Waals surface area (Å²) >= 11 is 0. The Kier molecular flexibility index (Phi) is 5.22. The van der Waals surface area contributed by atoms with Gasteiger partial charge in [0.1, 0.15) is 17.6 Å². The van der Waals surface area contributed by atoms with E-state index in [2.05, 4.69) is 43.1 Å². The third-order valence-corrected chi connectivity index (χ3v) is 5.04. The molecule has 1 N–H and O–H groups in total. The topological polar surface area (TPSA) is 90.6 Å². The monoisotopic (exact) mass is 371 g/mol. The van der Waals surface area contributed by atoms with E-state index in [0.717, 1.165) is 37.3 Å². The zero-order valence-corrected chi connectivity index (χ0v) is 15.7. The molecule has 0 saturated carbocycles. The summed E-state index contributed by atoms with van der Waals surface area (Å²) in [6.07, 6.45) is 11.2. The SMILES string of the molecule is Cc1cnccc1CN1CCC[C@@H]1c1cnc(Nc2ccc(C#N)nc2)cn1. The van der Waals surface area contributed by atoms with Crippen molar-refractivity contribution >= 4 is 11.5 Å². The first kappa shape index (κ1) is 18.0. The van der Waals surface area contributed by atoms with Crippen molar-refractivity contribution in [3.8, 4) is 6.07 Å². The van der Waals surface area contributed by atoms with Gasteiger partial charge in [-0.3, -0.25) is 14.9 Å². The van der Waals surface area contributed by atoms with E-state index < -0.39 is 0 Å². The lowest BCUT2D eigenvalue weighted by Crippen LogP contribution is -2.24. The maximum atomic E-state index is 8.82. The van der Waals surface area contributed by atoms with Crippen molar-refractivity contribution < 1.29 is 0 Å². The number of hydrogen-bond donors (Lipinski definition) is 1. The molecule has 1 atom stereocenters. The van der Waals surface area contributed by atoms with Gasteiger partial charge in [-0.1, -0.05) is 0 Å². The highest BCUT2D eigenvalue weighted by Gasteiger charge is 2.27. The molecule has 4 heterocycles. The number of aryl methyl sites for hydroxylation is 1. The van der Waals surface area contributed by atoms with Crippen LogP contribution < -0.4 is 5.32 Å². The zero-order chi connectivity index (χ0) is 19.3. The number of nitriles is 1. The zero-order valence-electron chi connectivity index (χ0n) is 15.7. The fraction of sp³-hybridized carbons (Fsp3) is 0.286. The molecule has 7 nitrogen and oxygen atoms in total. The van der Waals surface area contributed by atoms with Crippen LogP contribution in [0.4, 0.5) is 11.5 Å². The van der Waals surface area contributed by atoms with Crippen LogP contribution in [0.25, 0.3) is 0 Å². The van der Waals surface area contributed by atoms with E-state index in [0.29, 0.717) is 11.5 Å². The number of rotatable bonds is 5. The van der Waals surface area contributed by atoms with Crippen molar-refractivity contribution in [3.05, 3.63) is 71.7 Å². The third kappa shape index (κ3) is 3.97. The van der Waals surface area contributed by atoms with Crippen LogP contribution in [0.1, 0.15) is 41.4 Å². The molecular weight excluding hydrogens is 350 g/mol. The van der Waals surface area contributed by atoms with Gasteiger partial charge < -0.3 is 5.32 Å². The molecule has 1 saturated heterocycles. The van der Waals surface area contributed by atoms with Crippen molar-refractivity contribution in [2.75, 3.05) is 11.9 Å². The van der Waals surface area contributed by atoms with Gasteiger partial charge in [-0.15, -0.1) is 0 Å². The molecule has 3 aromatic heterocycles. The molecule has 1 fully saturated rings. The van der Waals surface area contributed by atoms with Crippen LogP contribution in [-0.2, 0) is 6.54 Å². The van der Waals surface area contributed by atoms with Gasteiger partial charge >= 0.3 is 0 Å². The van der Waals surface area contributed by atoms with E-state index in [9.17, 15) is 0 Å². The molecule has 0 aromatic carbocycles. The van der Waals surface area contributed by atoms with Gasteiger partial charge in [-0.2, -0.15) is 5.26 Å². The average molecular weight is 371 g/mol. The molecule has 4 rings (SSSR count). The number of pyridine rings is 2. The lowest BCUT2D eigenvalue weighted by Gasteiger charge is -2.24. The second kappa shape index (κ2) is 8.11. The number of aromatic nitrogens is 4. The Bertz CT molecular complexity index is 977. The molecule has 140 valence electrons. The molecule has 0 unspecified atom stereocenters. The molecule has 7 heteroatoms. The highest BCUT2D eigenvalue weighted by molar-refractivity contribution is 5.54. The van der Waals surface area contributed by atoms with Crippen molar-refractivity contribution in [2.45, 2.75) is 32.4 Å². The van der Waals surface area contributed by atoms with Crippen LogP contribution in [0.15, 0.2) is 49.2 Å². The lowest BCUT2D eigenvalue weighted by atomic mass is 10.1. The maximum Gasteiger partial charge on any atom is 0.148 e. The second-order valence-electron chi connectivity index (χ2n) is 6.93. The molecular formula is C21H21N7. The Hall–Kier alpha value is -3.37. The van der Waals surface area contributed by atoms with Gasteiger partial charge in [-0.05, 0) is 55.6 Å². The van der Waals surface area contributed by atoms with Gasteiger partial charge in [0.05, 0.1) is 36.0 Å². The van der Waals surface area contributed by atoms with E-state index in [4.69, 9.17) is 5.26 Å². The minimum atomic E-state index is 0.283. The summed E-state index contributed by atoms with van der Waals surface area (Å²) in [4.78, 5) is 19.9. The van der Waals surface area contributed by atoms with E-state index in [1.807, 2.05) is 24.7 Å². The average Bonchev–Trinajstić information content (AvgIpc) is 3.19. The molecule has 3 aromatic rings. The first-order valence-corrected chi connectivity index (χ1v) is 9.31. The number of anilines is 2. The Labute approximate surface area is 164 Å². The van der Waals surface area contributed by atoms with Gasteiger partial charge in [-0.25, -0.2) is 9.97 Å². The highest BCUT2D eigenvalue weighted by Crippen LogP contribution is 2.32. The molecule has 0 radical (unpaired) electrons. The number of nitrogens with one attached hydrogen (secondary N) is 1. The number of hydrogen-bond acceptors (Lipinski definition) is 7.